The third-order valence-corrected chi connectivity index (χ3v) is 8.81. The normalized spacial score (nSPS) is 19.8. The van der Waals surface area contributed by atoms with Crippen LogP contribution < -0.4 is 5.69 Å². The second-order valence-electron chi connectivity index (χ2n) is 11.3. The number of H-pyrrole nitrogens is 1. The number of aryl methyl sites for hydroxylation is 1. The van der Waals surface area contributed by atoms with Crippen LogP contribution in [0.4, 0.5) is 0 Å². The van der Waals surface area contributed by atoms with Gasteiger partial charge in [0.2, 0.25) is 0 Å². The van der Waals surface area contributed by atoms with Crippen LogP contribution in [0.1, 0.15) is 96.0 Å². The molecule has 2 unspecified atom stereocenters. The molecule has 4 aromatic rings. The summed E-state index contributed by atoms with van der Waals surface area (Å²) >= 11 is 0. The molecule has 3 heterocycles. The van der Waals surface area contributed by atoms with E-state index in [0.29, 0.717) is 24.2 Å². The zero-order valence-corrected chi connectivity index (χ0v) is 24.2. The van der Waals surface area contributed by atoms with Gasteiger partial charge in [0.05, 0.1) is 12.2 Å². The number of hydrogen-bond donors (Lipinski definition) is 1. The second kappa shape index (κ2) is 13.2. The SMILES string of the molecule is CCCCc1cn(C2C(CC)CCCCCC2CC)c(=O)n1Cc1cc(-c2cccc(-c3nnn[nH]3)c2)ccn1. The number of hydrogen-bond acceptors (Lipinski definition) is 5. The van der Waals surface area contributed by atoms with Gasteiger partial charge in [0.25, 0.3) is 0 Å². The molecule has 212 valence electrons. The number of nitrogens with zero attached hydrogens (tertiary/aromatic N) is 6. The summed E-state index contributed by atoms with van der Waals surface area (Å²) in [6.07, 6.45) is 15.7. The predicted octanol–water partition coefficient (Wildman–Crippen LogP) is 6.84. The van der Waals surface area contributed by atoms with Crippen LogP contribution in [-0.2, 0) is 13.0 Å². The minimum Gasteiger partial charge on any atom is -0.295 e. The fraction of sp³-hybridized carbons (Fsp3) is 0.531. The summed E-state index contributed by atoms with van der Waals surface area (Å²) in [6.45, 7) is 7.29. The van der Waals surface area contributed by atoms with E-state index in [1.54, 1.807) is 0 Å². The number of pyridine rings is 1. The highest BCUT2D eigenvalue weighted by atomic mass is 16.1. The first-order chi connectivity index (χ1) is 19.6. The summed E-state index contributed by atoms with van der Waals surface area (Å²) in [6, 6.07) is 12.5. The molecule has 1 aliphatic rings. The van der Waals surface area contributed by atoms with Gasteiger partial charge in [-0.15, -0.1) is 5.10 Å². The van der Waals surface area contributed by atoms with Crippen LogP contribution in [-0.4, -0.2) is 34.7 Å². The fourth-order valence-electron chi connectivity index (χ4n) is 6.58. The third-order valence-electron chi connectivity index (χ3n) is 8.81. The summed E-state index contributed by atoms with van der Waals surface area (Å²) in [5.74, 6) is 1.73. The highest BCUT2D eigenvalue weighted by Gasteiger charge is 2.32. The number of aromatic amines is 1. The van der Waals surface area contributed by atoms with Crippen LogP contribution in [0.5, 0.6) is 0 Å². The molecule has 0 spiro atoms. The maximum absolute atomic E-state index is 14.2. The van der Waals surface area contributed by atoms with E-state index < -0.39 is 0 Å². The van der Waals surface area contributed by atoms with Gasteiger partial charge in [-0.05, 0) is 77.3 Å². The van der Waals surface area contributed by atoms with E-state index in [1.165, 1.54) is 32.1 Å². The van der Waals surface area contributed by atoms with Gasteiger partial charge in [0, 0.05) is 29.7 Å². The molecule has 0 saturated heterocycles. The number of tetrazole rings is 1. The Morgan fingerprint density at radius 2 is 1.70 bits per heavy atom. The van der Waals surface area contributed by atoms with Gasteiger partial charge in [0.1, 0.15) is 0 Å². The van der Waals surface area contributed by atoms with E-state index in [1.807, 2.05) is 29.0 Å². The van der Waals surface area contributed by atoms with E-state index in [0.717, 1.165) is 60.2 Å². The summed E-state index contributed by atoms with van der Waals surface area (Å²) in [4.78, 5) is 18.9. The van der Waals surface area contributed by atoms with Crippen molar-refractivity contribution < 1.29 is 0 Å². The van der Waals surface area contributed by atoms with Crippen molar-refractivity contribution in [2.24, 2.45) is 11.8 Å². The van der Waals surface area contributed by atoms with Gasteiger partial charge in [-0.25, -0.2) is 9.89 Å². The molecule has 1 fully saturated rings. The zero-order chi connectivity index (χ0) is 27.9. The molecule has 1 aliphatic carbocycles. The lowest BCUT2D eigenvalue weighted by Crippen LogP contribution is -2.36. The lowest BCUT2D eigenvalue weighted by Gasteiger charge is -2.35. The Bertz CT molecular complexity index is 1410. The maximum Gasteiger partial charge on any atom is 0.328 e. The molecule has 5 rings (SSSR count). The minimum absolute atomic E-state index is 0.126. The fourth-order valence-corrected chi connectivity index (χ4v) is 6.58. The predicted molar refractivity (Wildman–Crippen MR) is 159 cm³/mol. The Balaban J connectivity index is 1.49. The molecule has 0 bridgehead atoms. The molecule has 3 aromatic heterocycles. The van der Waals surface area contributed by atoms with Crippen molar-refractivity contribution in [3.63, 3.8) is 0 Å². The average molecular weight is 542 g/mol. The number of nitrogens with one attached hydrogen (secondary N) is 1. The van der Waals surface area contributed by atoms with Crippen molar-refractivity contribution in [3.8, 4) is 22.5 Å². The smallest absolute Gasteiger partial charge is 0.295 e. The first-order valence-electron chi connectivity index (χ1n) is 15.2. The summed E-state index contributed by atoms with van der Waals surface area (Å²) in [5.41, 5.74) is 5.18. The summed E-state index contributed by atoms with van der Waals surface area (Å²) in [7, 11) is 0. The highest BCUT2D eigenvalue weighted by molar-refractivity contribution is 5.70. The Hall–Kier alpha value is -3.55. The van der Waals surface area contributed by atoms with Gasteiger partial charge < -0.3 is 0 Å². The van der Waals surface area contributed by atoms with Crippen LogP contribution in [0.2, 0.25) is 0 Å². The molecule has 2 atom stereocenters. The number of imidazole rings is 1. The standard InChI is InChI=1S/C32H43N7O/c1-4-7-16-29-22-39(30-23(5-2)12-9-8-10-13-24(30)6-3)32(40)38(29)21-28-20-26(17-18-33-28)25-14-11-15-27(19-25)31-34-36-37-35-31/h11,14-15,17-20,22-24,30H,4-10,12-13,16,21H2,1-3H3,(H,34,35,36,37). The Labute approximate surface area is 237 Å². The largest absolute Gasteiger partial charge is 0.328 e. The highest BCUT2D eigenvalue weighted by Crippen LogP contribution is 2.39. The minimum atomic E-state index is 0.126. The van der Waals surface area contributed by atoms with Crippen LogP contribution in [0, 0.1) is 11.8 Å². The molecular formula is C32H43N7O. The van der Waals surface area contributed by atoms with Crippen molar-refractivity contribution >= 4 is 0 Å². The molecule has 1 saturated carbocycles. The van der Waals surface area contributed by atoms with Gasteiger partial charge >= 0.3 is 5.69 Å². The number of rotatable bonds is 10. The topological polar surface area (TPSA) is 94.3 Å². The molecule has 0 radical (unpaired) electrons. The quantitative estimate of drug-likeness (QED) is 0.237. The van der Waals surface area contributed by atoms with Crippen molar-refractivity contribution in [2.45, 2.75) is 97.6 Å². The molecule has 8 heteroatoms. The van der Waals surface area contributed by atoms with Gasteiger partial charge in [-0.3, -0.25) is 14.1 Å². The lowest BCUT2D eigenvalue weighted by molar-refractivity contribution is 0.171. The van der Waals surface area contributed by atoms with Crippen molar-refractivity contribution in [1.29, 1.82) is 0 Å². The number of unbranched alkanes of at least 4 members (excludes halogenated alkanes) is 1. The van der Waals surface area contributed by atoms with E-state index in [2.05, 4.69) is 70.4 Å². The van der Waals surface area contributed by atoms with E-state index in [9.17, 15) is 4.79 Å². The molecule has 0 aliphatic heterocycles. The van der Waals surface area contributed by atoms with Crippen molar-refractivity contribution in [1.82, 2.24) is 34.7 Å². The molecule has 1 aromatic carbocycles. The maximum atomic E-state index is 14.2. The molecule has 40 heavy (non-hydrogen) atoms. The van der Waals surface area contributed by atoms with Crippen molar-refractivity contribution in [2.75, 3.05) is 0 Å². The van der Waals surface area contributed by atoms with Crippen molar-refractivity contribution in [3.05, 3.63) is 70.7 Å². The van der Waals surface area contributed by atoms with Gasteiger partial charge in [-0.2, -0.15) is 0 Å². The summed E-state index contributed by atoms with van der Waals surface area (Å²) < 4.78 is 4.13. The second-order valence-corrected chi connectivity index (χ2v) is 11.3. The van der Waals surface area contributed by atoms with Crippen LogP contribution in [0.3, 0.4) is 0 Å². The lowest BCUT2D eigenvalue weighted by atomic mass is 9.77. The molecule has 8 nitrogen and oxygen atoms in total. The van der Waals surface area contributed by atoms with Crippen LogP contribution in [0.15, 0.2) is 53.6 Å². The molecular weight excluding hydrogens is 498 g/mol. The van der Waals surface area contributed by atoms with Crippen LogP contribution in [0.25, 0.3) is 22.5 Å². The Morgan fingerprint density at radius 1 is 0.950 bits per heavy atom. The first-order valence-corrected chi connectivity index (χ1v) is 15.2. The van der Waals surface area contributed by atoms with E-state index in [4.69, 9.17) is 4.98 Å². The molecule has 0 amide bonds. The zero-order valence-electron chi connectivity index (χ0n) is 24.2. The van der Waals surface area contributed by atoms with Gasteiger partial charge in [-0.1, -0.05) is 77.5 Å². The van der Waals surface area contributed by atoms with E-state index >= 15 is 0 Å². The van der Waals surface area contributed by atoms with Gasteiger partial charge in [0.15, 0.2) is 5.82 Å². The third kappa shape index (κ3) is 6.11. The summed E-state index contributed by atoms with van der Waals surface area (Å²) in [5, 5.41) is 14.3. The monoisotopic (exact) mass is 541 g/mol. The first kappa shape index (κ1) is 28.0. The number of benzene rings is 1. The molecule has 1 N–H and O–H groups in total. The number of aromatic nitrogens is 7. The Kier molecular flexibility index (Phi) is 9.24. The average Bonchev–Trinajstić information content (AvgIpc) is 3.62. The van der Waals surface area contributed by atoms with E-state index in [-0.39, 0.29) is 11.7 Å². The van der Waals surface area contributed by atoms with Crippen LogP contribution >= 0.6 is 0 Å². The Morgan fingerprint density at radius 3 is 2.40 bits per heavy atom.